The van der Waals surface area contributed by atoms with E-state index in [9.17, 15) is 14.7 Å². The number of nitrogens with one attached hydrogen (secondary N) is 1. The van der Waals surface area contributed by atoms with Crippen LogP contribution in [0.25, 0.3) is 10.2 Å². The lowest BCUT2D eigenvalue weighted by Gasteiger charge is -2.26. The first-order valence-corrected chi connectivity index (χ1v) is 10.1. The van der Waals surface area contributed by atoms with E-state index >= 15 is 0 Å². The maximum Gasteiger partial charge on any atom is 0.554 e. The van der Waals surface area contributed by atoms with Crippen LogP contribution >= 0.6 is 10.5 Å². The first-order chi connectivity index (χ1) is 13.5. The molecule has 0 fully saturated rings. The lowest BCUT2D eigenvalue weighted by Crippen LogP contribution is -2.34. The molecule has 0 spiro atoms. The quantitative estimate of drug-likeness (QED) is 0.579. The molecular weight excluding hydrogens is 380 g/mol. The van der Waals surface area contributed by atoms with Crippen LogP contribution in [0, 0.1) is 5.92 Å². The van der Waals surface area contributed by atoms with Crippen LogP contribution < -0.4 is 10.2 Å². The van der Waals surface area contributed by atoms with Crippen LogP contribution in [-0.4, -0.2) is 33.0 Å². The fraction of sp³-hybridized carbons (Fsp3) is 0.263. The van der Waals surface area contributed by atoms with Gasteiger partial charge in [-0.2, -0.15) is 4.79 Å². The van der Waals surface area contributed by atoms with Gasteiger partial charge in [0.2, 0.25) is 0 Å². The van der Waals surface area contributed by atoms with Crippen molar-refractivity contribution in [2.75, 3.05) is 16.8 Å². The van der Waals surface area contributed by atoms with Crippen LogP contribution in [0.1, 0.15) is 19.5 Å². The first kappa shape index (κ1) is 18.3. The summed E-state index contributed by atoms with van der Waals surface area (Å²) in [6.45, 7) is 5.12. The smallest absolute Gasteiger partial charge is 0.437 e. The highest BCUT2D eigenvalue weighted by Gasteiger charge is 2.36. The van der Waals surface area contributed by atoms with Gasteiger partial charge in [0.05, 0.1) is 18.0 Å². The van der Waals surface area contributed by atoms with Crippen molar-refractivity contribution in [3.63, 3.8) is 0 Å². The Morgan fingerprint density at radius 1 is 1.36 bits per heavy atom. The molecule has 28 heavy (non-hydrogen) atoms. The van der Waals surface area contributed by atoms with Gasteiger partial charge in [0.1, 0.15) is 27.4 Å². The minimum absolute atomic E-state index is 0.351. The van der Waals surface area contributed by atoms with Crippen molar-refractivity contribution in [2.45, 2.75) is 20.5 Å². The van der Waals surface area contributed by atoms with E-state index in [4.69, 9.17) is 4.74 Å². The molecule has 1 unspecified atom stereocenters. The van der Waals surface area contributed by atoms with Gasteiger partial charge in [-0.25, -0.2) is 19.7 Å². The predicted molar refractivity (Wildman–Crippen MR) is 108 cm³/mol. The van der Waals surface area contributed by atoms with Gasteiger partial charge in [-0.1, -0.05) is 19.9 Å². The molecule has 0 aliphatic carbocycles. The molecule has 8 nitrogen and oxygen atoms in total. The molecular formula is C19H19N4O4S+. The number of amides is 2. The Morgan fingerprint density at radius 2 is 2.18 bits per heavy atom. The van der Waals surface area contributed by atoms with Crippen LogP contribution in [0.4, 0.5) is 26.8 Å². The molecule has 4 heterocycles. The third-order valence-corrected chi connectivity index (χ3v) is 5.78. The summed E-state index contributed by atoms with van der Waals surface area (Å²) in [6.07, 6.45) is 1.52. The fourth-order valence-electron chi connectivity index (χ4n) is 3.08. The average Bonchev–Trinajstić information content (AvgIpc) is 3.02. The van der Waals surface area contributed by atoms with E-state index in [2.05, 4.69) is 29.1 Å². The molecule has 144 valence electrons. The molecule has 1 aliphatic rings. The second-order valence-electron chi connectivity index (χ2n) is 6.81. The second-order valence-corrected chi connectivity index (χ2v) is 8.45. The predicted octanol–water partition coefficient (Wildman–Crippen LogP) is 4.76. The maximum atomic E-state index is 12.8. The SMILES string of the molecule is CC(C)COCc1cccc(N2C(=O)Nc3c[s+](C(=O)O)c4nccc2c34)n1. The summed E-state index contributed by atoms with van der Waals surface area (Å²) < 4.78 is 5.64. The van der Waals surface area contributed by atoms with Crippen LogP contribution in [0.15, 0.2) is 35.8 Å². The van der Waals surface area contributed by atoms with Gasteiger partial charge in [0, 0.05) is 12.8 Å². The third kappa shape index (κ3) is 3.19. The largest absolute Gasteiger partial charge is 0.554 e. The topological polar surface area (TPSA) is 105 Å². The van der Waals surface area contributed by atoms with Crippen LogP contribution in [0.2, 0.25) is 0 Å². The van der Waals surface area contributed by atoms with E-state index < -0.39 is 15.8 Å². The van der Waals surface area contributed by atoms with Gasteiger partial charge in [0.25, 0.3) is 4.83 Å². The van der Waals surface area contributed by atoms with E-state index in [1.54, 1.807) is 17.5 Å². The number of ether oxygens (including phenoxy) is 1. The highest BCUT2D eigenvalue weighted by Crippen LogP contribution is 2.46. The van der Waals surface area contributed by atoms with Gasteiger partial charge < -0.3 is 15.2 Å². The molecule has 0 radical (unpaired) electrons. The Labute approximate surface area is 163 Å². The van der Waals surface area contributed by atoms with E-state index in [0.29, 0.717) is 52.2 Å². The molecule has 0 saturated carbocycles. The second kappa shape index (κ2) is 7.17. The zero-order valence-electron chi connectivity index (χ0n) is 15.4. The molecule has 3 aromatic rings. The zero-order chi connectivity index (χ0) is 19.8. The van der Waals surface area contributed by atoms with E-state index in [0.717, 1.165) is 0 Å². The number of carboxylic acid groups (broad SMARTS) is 1. The Morgan fingerprint density at radius 3 is 2.93 bits per heavy atom. The lowest BCUT2D eigenvalue weighted by molar-refractivity contribution is 0.0949. The number of pyridine rings is 2. The van der Waals surface area contributed by atoms with E-state index in [1.807, 2.05) is 12.1 Å². The van der Waals surface area contributed by atoms with Gasteiger partial charge in [-0.15, -0.1) is 0 Å². The summed E-state index contributed by atoms with van der Waals surface area (Å²) >= 11 is 0. The summed E-state index contributed by atoms with van der Waals surface area (Å²) in [5.74, 6) is 0.862. The Bertz CT molecular complexity index is 1080. The monoisotopic (exact) mass is 399 g/mol. The highest BCUT2D eigenvalue weighted by molar-refractivity contribution is 7.54. The van der Waals surface area contributed by atoms with Gasteiger partial charge in [-0.05, 0) is 24.1 Å². The van der Waals surface area contributed by atoms with Crippen molar-refractivity contribution in [1.82, 2.24) is 9.97 Å². The summed E-state index contributed by atoms with van der Waals surface area (Å²) in [5.41, 5.74) is 1.77. The zero-order valence-corrected chi connectivity index (χ0v) is 16.2. The Kier molecular flexibility index (Phi) is 4.70. The average molecular weight is 399 g/mol. The molecule has 9 heteroatoms. The molecule has 0 bridgehead atoms. The fourth-order valence-corrected chi connectivity index (χ4v) is 4.48. The molecule has 2 N–H and O–H groups in total. The minimum Gasteiger partial charge on any atom is -0.437 e. The minimum atomic E-state index is -1.19. The third-order valence-electron chi connectivity index (χ3n) is 4.20. The van der Waals surface area contributed by atoms with Crippen LogP contribution in [-0.2, 0) is 11.3 Å². The number of carbonyl (C=O) groups excluding carboxylic acids is 1. The number of aromatic nitrogens is 2. The summed E-state index contributed by atoms with van der Waals surface area (Å²) in [7, 11) is -1.19. The van der Waals surface area contributed by atoms with Gasteiger partial charge in [0.15, 0.2) is 5.38 Å². The van der Waals surface area contributed by atoms with Crippen molar-refractivity contribution in [3.05, 3.63) is 41.5 Å². The summed E-state index contributed by atoms with van der Waals surface area (Å²) in [5, 5.41) is 13.4. The number of urea groups is 1. The summed E-state index contributed by atoms with van der Waals surface area (Å²) in [4.78, 5) is 35.0. The Balaban J connectivity index is 1.75. The molecule has 4 rings (SSSR count). The molecule has 1 atom stereocenters. The number of thiophene rings is 1. The van der Waals surface area contributed by atoms with E-state index in [1.165, 1.54) is 11.1 Å². The molecule has 0 aromatic carbocycles. The maximum absolute atomic E-state index is 12.8. The van der Waals surface area contributed by atoms with Crippen molar-refractivity contribution in [1.29, 1.82) is 0 Å². The molecule has 0 saturated heterocycles. The van der Waals surface area contributed by atoms with Crippen molar-refractivity contribution >= 4 is 49.2 Å². The van der Waals surface area contributed by atoms with Crippen LogP contribution in [0.3, 0.4) is 0 Å². The molecule has 2 amide bonds. The number of rotatable bonds is 6. The number of nitrogens with zero attached hydrogens (tertiary/aromatic N) is 3. The summed E-state index contributed by atoms with van der Waals surface area (Å²) in [6, 6.07) is 6.70. The normalized spacial score (nSPS) is 13.9. The van der Waals surface area contributed by atoms with Crippen molar-refractivity contribution in [3.8, 4) is 0 Å². The molecule has 1 aliphatic heterocycles. The van der Waals surface area contributed by atoms with E-state index in [-0.39, 0.29) is 6.03 Å². The van der Waals surface area contributed by atoms with Crippen molar-refractivity contribution < 1.29 is 19.4 Å². The number of hydrogen-bond donors (Lipinski definition) is 2. The van der Waals surface area contributed by atoms with Crippen LogP contribution in [0.5, 0.6) is 0 Å². The molecule has 3 aromatic heterocycles. The number of carbonyl (C=O) groups is 2. The highest BCUT2D eigenvalue weighted by atomic mass is 32.2. The van der Waals surface area contributed by atoms with Gasteiger partial charge in [-0.3, -0.25) is 0 Å². The standard InChI is InChI=1S/C19H18N4O4S/c1-11(2)8-27-9-12-4-3-5-15(21-12)23-14-6-7-20-17-16(14)13(22-18(23)24)10-28(17)19(25)26/h3-7,10-11H,8-9H2,1-2H3,(H-,22,24,25,26)/p+1. The van der Waals surface area contributed by atoms with Gasteiger partial charge >= 0.3 is 11.3 Å². The number of hydrogen-bond acceptors (Lipinski definition) is 5. The lowest BCUT2D eigenvalue weighted by atomic mass is 10.2. The first-order valence-electron chi connectivity index (χ1n) is 8.77. The Hall–Kier alpha value is -3.04. The number of anilines is 3. The van der Waals surface area contributed by atoms with Crippen molar-refractivity contribution in [2.24, 2.45) is 5.92 Å².